The summed E-state index contributed by atoms with van der Waals surface area (Å²) in [6.07, 6.45) is 5.80. The minimum absolute atomic E-state index is 0. The van der Waals surface area contributed by atoms with Gasteiger partial charge in [0.05, 0.1) is 12.5 Å². The van der Waals surface area contributed by atoms with Crippen molar-refractivity contribution in [3.05, 3.63) is 59.7 Å². The van der Waals surface area contributed by atoms with Crippen molar-refractivity contribution < 1.29 is 44.3 Å². The van der Waals surface area contributed by atoms with E-state index >= 15 is 0 Å². The second-order valence-electron chi connectivity index (χ2n) is 3.31. The predicted molar refractivity (Wildman–Crippen MR) is 65.0 cm³/mol. The summed E-state index contributed by atoms with van der Waals surface area (Å²) in [4.78, 5) is 27.3. The second kappa shape index (κ2) is 9.38. The molecule has 1 heterocycles. The van der Waals surface area contributed by atoms with E-state index in [4.69, 9.17) is 5.11 Å². The Hall–Kier alpha value is -1.56. The van der Waals surface area contributed by atoms with E-state index in [0.29, 0.717) is 5.56 Å². The van der Waals surface area contributed by atoms with E-state index in [-0.39, 0.29) is 35.3 Å². The molecule has 0 unspecified atom stereocenters. The van der Waals surface area contributed by atoms with Crippen molar-refractivity contribution >= 4 is 12.3 Å². The molecule has 0 radical (unpaired) electrons. The molecular weight excluding hydrogens is 255 g/mol. The quantitative estimate of drug-likeness (QED) is 0.536. The first kappa shape index (κ1) is 17.4. The van der Waals surface area contributed by atoms with Crippen LogP contribution in [0.15, 0.2) is 42.9 Å². The average Bonchev–Trinajstić information content (AvgIpc) is 2.41. The fourth-order valence-corrected chi connectivity index (χ4v) is 1.10. The first-order valence-electron chi connectivity index (χ1n) is 5.08. The fourth-order valence-electron chi connectivity index (χ4n) is 1.10. The van der Waals surface area contributed by atoms with Gasteiger partial charge in [-0.25, -0.2) is 9.78 Å². The molecule has 0 fully saturated rings. The third-order valence-corrected chi connectivity index (χ3v) is 2.04. The predicted octanol–water partition coefficient (Wildman–Crippen LogP) is -1.37. The number of rotatable bonds is 2. The van der Waals surface area contributed by atoms with E-state index in [0.717, 1.165) is 5.56 Å². The molecular formula is C13H11N2NaO3. The topological polar surface area (TPSA) is 80.2 Å². The van der Waals surface area contributed by atoms with E-state index in [1.807, 2.05) is 31.4 Å². The minimum atomic E-state index is -1.05. The number of benzene rings is 1. The number of hydrogen-bond donors (Lipinski definition) is 1. The van der Waals surface area contributed by atoms with Crippen LogP contribution in [0.4, 0.5) is 0 Å². The van der Waals surface area contributed by atoms with Crippen LogP contribution in [0.2, 0.25) is 0 Å². The maximum Gasteiger partial charge on any atom is 1.00 e. The van der Waals surface area contributed by atoms with Crippen LogP contribution in [-0.2, 0) is 4.79 Å². The molecule has 6 heteroatoms. The third kappa shape index (κ3) is 6.24. The Morgan fingerprint density at radius 1 is 1.26 bits per heavy atom. The van der Waals surface area contributed by atoms with Crippen molar-refractivity contribution in [3.8, 4) is 0 Å². The summed E-state index contributed by atoms with van der Waals surface area (Å²) in [5, 5.41) is 8.28. The van der Waals surface area contributed by atoms with Gasteiger partial charge in [0.2, 0.25) is 0 Å². The average molecular weight is 266 g/mol. The number of carbonyl (C=O) groups is 1. The van der Waals surface area contributed by atoms with Crippen LogP contribution in [0.1, 0.15) is 21.6 Å². The molecule has 0 aliphatic rings. The molecule has 1 aromatic heterocycles. The molecule has 0 amide bonds. The van der Waals surface area contributed by atoms with E-state index in [9.17, 15) is 9.59 Å². The Balaban J connectivity index is 0.000000324. The maximum atomic E-state index is 10.1. The van der Waals surface area contributed by atoms with Gasteiger partial charge in [-0.1, -0.05) is 13.0 Å². The van der Waals surface area contributed by atoms with Crippen molar-refractivity contribution in [3.63, 3.8) is 0 Å². The summed E-state index contributed by atoms with van der Waals surface area (Å²) < 4.78 is 0. The molecule has 0 aliphatic heterocycles. The van der Waals surface area contributed by atoms with Gasteiger partial charge in [-0.05, 0) is 0 Å². The number of hydrogen-bond acceptors (Lipinski definition) is 4. The molecule has 92 valence electrons. The molecule has 0 bridgehead atoms. The van der Waals surface area contributed by atoms with E-state index < -0.39 is 5.97 Å². The monoisotopic (exact) mass is 266 g/mol. The normalized spacial score (nSPS) is 8.47. The van der Waals surface area contributed by atoms with Crippen LogP contribution >= 0.6 is 0 Å². The molecule has 19 heavy (non-hydrogen) atoms. The van der Waals surface area contributed by atoms with Crippen molar-refractivity contribution in [2.75, 3.05) is 0 Å². The molecule has 0 spiro atoms. The molecule has 0 saturated heterocycles. The number of nitrogens with zero attached hydrogens (tertiary/aromatic N) is 2. The van der Waals surface area contributed by atoms with Crippen molar-refractivity contribution in [1.29, 1.82) is 0 Å². The van der Waals surface area contributed by atoms with Crippen LogP contribution in [-0.4, -0.2) is 27.3 Å². The summed E-state index contributed by atoms with van der Waals surface area (Å²) >= 11 is 0. The number of aromatic carboxylic acids is 1. The zero-order valence-corrected chi connectivity index (χ0v) is 12.7. The standard InChI is InChI=1S/C8H7O.C5H4N2O2.Na/c1-7-4-2-3-5-8(7)6-9;8-5(9)4-3-6-1-2-7-4;/h2-5H,1H3;1-3H,(H,8,9);/q-1;;+1. The Labute approximate surface area is 133 Å². The SMILES string of the molecule is Cc1ccccc1[C-]=O.O=C(O)c1cnccn1.[Na+]. The molecule has 0 aliphatic carbocycles. The number of carboxylic acid groups (broad SMARTS) is 1. The van der Waals surface area contributed by atoms with E-state index in [1.165, 1.54) is 18.6 Å². The molecule has 1 N–H and O–H groups in total. The largest absolute Gasteiger partial charge is 1.00 e. The summed E-state index contributed by atoms with van der Waals surface area (Å²) in [5.41, 5.74) is 1.60. The molecule has 2 aromatic rings. The van der Waals surface area contributed by atoms with Crippen LogP contribution < -0.4 is 29.6 Å². The van der Waals surface area contributed by atoms with Gasteiger partial charge in [0.1, 0.15) is 0 Å². The fraction of sp³-hybridized carbons (Fsp3) is 0.0769. The van der Waals surface area contributed by atoms with Gasteiger partial charge in [0.15, 0.2) is 5.69 Å². The Morgan fingerprint density at radius 2 is 1.95 bits per heavy atom. The number of carbonyl (C=O) groups excluding carboxylic acids is 1. The van der Waals surface area contributed by atoms with Crippen LogP contribution in [0.25, 0.3) is 0 Å². The van der Waals surface area contributed by atoms with Gasteiger partial charge in [0, 0.05) is 12.4 Å². The van der Waals surface area contributed by atoms with Gasteiger partial charge in [0.25, 0.3) is 0 Å². The molecule has 0 saturated carbocycles. The van der Waals surface area contributed by atoms with Crippen LogP contribution in [0, 0.1) is 6.92 Å². The smallest absolute Gasteiger partial charge is 0.476 e. The van der Waals surface area contributed by atoms with Gasteiger partial charge in [-0.15, -0.1) is 23.3 Å². The number of aromatic nitrogens is 2. The first-order valence-corrected chi connectivity index (χ1v) is 5.08. The van der Waals surface area contributed by atoms with Gasteiger partial charge >= 0.3 is 35.5 Å². The number of aryl methyl sites for hydroxylation is 1. The van der Waals surface area contributed by atoms with Gasteiger partial charge < -0.3 is 9.90 Å². The summed E-state index contributed by atoms with van der Waals surface area (Å²) in [6.45, 7) is 1.89. The molecule has 0 atom stereocenters. The van der Waals surface area contributed by atoms with Gasteiger partial charge in [-0.2, -0.15) is 6.07 Å². The summed E-state index contributed by atoms with van der Waals surface area (Å²) in [5.74, 6) is -1.05. The molecule has 2 rings (SSSR count). The third-order valence-electron chi connectivity index (χ3n) is 2.04. The zero-order valence-electron chi connectivity index (χ0n) is 10.7. The van der Waals surface area contributed by atoms with Gasteiger partial charge in [-0.3, -0.25) is 4.98 Å². The minimum Gasteiger partial charge on any atom is -0.476 e. The first-order chi connectivity index (χ1) is 8.65. The number of carboxylic acids is 1. The molecule has 5 nitrogen and oxygen atoms in total. The maximum absolute atomic E-state index is 10.1. The Bertz CT molecular complexity index is 532. The van der Waals surface area contributed by atoms with E-state index in [1.54, 1.807) is 6.07 Å². The summed E-state index contributed by atoms with van der Waals surface area (Å²) in [6, 6.07) is 7.37. The van der Waals surface area contributed by atoms with Crippen LogP contribution in [0.5, 0.6) is 0 Å². The van der Waals surface area contributed by atoms with Crippen molar-refractivity contribution in [1.82, 2.24) is 9.97 Å². The van der Waals surface area contributed by atoms with Crippen LogP contribution in [0.3, 0.4) is 0 Å². The molecule has 1 aromatic carbocycles. The van der Waals surface area contributed by atoms with Crippen molar-refractivity contribution in [2.24, 2.45) is 0 Å². The summed E-state index contributed by atoms with van der Waals surface area (Å²) in [7, 11) is 0. The van der Waals surface area contributed by atoms with E-state index in [2.05, 4.69) is 9.97 Å². The second-order valence-corrected chi connectivity index (χ2v) is 3.31. The Morgan fingerprint density at radius 3 is 2.32 bits per heavy atom. The van der Waals surface area contributed by atoms with Crippen molar-refractivity contribution in [2.45, 2.75) is 6.92 Å². The Kier molecular flexibility index (Phi) is 8.61. The zero-order chi connectivity index (χ0) is 13.4.